The lowest BCUT2D eigenvalue weighted by atomic mass is 10.0. The molecule has 0 atom stereocenters. The van der Waals surface area contributed by atoms with Gasteiger partial charge >= 0.3 is 0 Å². The number of rotatable bonds is 17. The van der Waals surface area contributed by atoms with Gasteiger partial charge in [0, 0.05) is 6.42 Å². The summed E-state index contributed by atoms with van der Waals surface area (Å²) in [5, 5.41) is 0. The van der Waals surface area contributed by atoms with Gasteiger partial charge in [-0.2, -0.15) is 0 Å². The molecule has 0 spiro atoms. The average Bonchev–Trinajstić information content (AvgIpc) is 2.59. The fraction of sp³-hybridized carbons (Fsp3) is 0.955. The van der Waals surface area contributed by atoms with Crippen molar-refractivity contribution >= 4 is 5.91 Å². The van der Waals surface area contributed by atoms with Gasteiger partial charge in [0.1, 0.15) is 0 Å². The van der Waals surface area contributed by atoms with E-state index in [9.17, 15) is 4.79 Å². The standard InChI is InChI=1S/C16H33NO.C6H15N.H2O/c1-2-3-4-5-6-7-8-9-10-11-12-13-14-15-16(17)18;1-4-6-7(3)5-2;/h2-15H2,1H3,(H2,17,18);4-6H2,1-3H3;1H2. The van der Waals surface area contributed by atoms with Crippen molar-refractivity contribution in [3.8, 4) is 0 Å². The van der Waals surface area contributed by atoms with Gasteiger partial charge in [-0.3, -0.25) is 4.79 Å². The Balaban J connectivity index is -0.000000561. The molecule has 0 saturated heterocycles. The minimum atomic E-state index is -0.155. The van der Waals surface area contributed by atoms with Crippen molar-refractivity contribution in [2.24, 2.45) is 5.73 Å². The summed E-state index contributed by atoms with van der Waals surface area (Å²) in [6, 6.07) is 0. The molecule has 0 rings (SSSR count). The Hall–Kier alpha value is -0.610. The van der Waals surface area contributed by atoms with E-state index in [2.05, 4.69) is 32.7 Å². The maximum atomic E-state index is 10.5. The normalized spacial score (nSPS) is 10.2. The highest BCUT2D eigenvalue weighted by molar-refractivity contribution is 5.73. The smallest absolute Gasteiger partial charge is 0.217 e. The predicted molar refractivity (Wildman–Crippen MR) is 117 cm³/mol. The van der Waals surface area contributed by atoms with E-state index in [4.69, 9.17) is 5.73 Å². The van der Waals surface area contributed by atoms with E-state index in [1.54, 1.807) is 0 Å². The summed E-state index contributed by atoms with van der Waals surface area (Å²) >= 11 is 0. The third-order valence-corrected chi connectivity index (χ3v) is 4.67. The molecule has 26 heavy (non-hydrogen) atoms. The fourth-order valence-electron chi connectivity index (χ4n) is 2.86. The first-order chi connectivity index (χ1) is 12.1. The third kappa shape index (κ3) is 31.2. The molecule has 4 N–H and O–H groups in total. The number of unbranched alkanes of at least 4 members (excludes halogenated alkanes) is 12. The first-order valence-corrected chi connectivity index (χ1v) is 11.0. The second-order valence-electron chi connectivity index (χ2n) is 7.35. The van der Waals surface area contributed by atoms with Crippen LogP contribution in [0, 0.1) is 0 Å². The van der Waals surface area contributed by atoms with E-state index < -0.39 is 0 Å². The SMILES string of the molecule is CCCCCCCCCCCCCCCC(N)=O.CCCN(C)CC.O. The van der Waals surface area contributed by atoms with E-state index in [1.165, 1.54) is 96.6 Å². The Morgan fingerprint density at radius 3 is 1.35 bits per heavy atom. The molecule has 0 fully saturated rings. The summed E-state index contributed by atoms with van der Waals surface area (Å²) in [5.74, 6) is -0.155. The first-order valence-electron chi connectivity index (χ1n) is 11.0. The van der Waals surface area contributed by atoms with Crippen molar-refractivity contribution < 1.29 is 10.3 Å². The molecule has 0 unspecified atom stereocenters. The van der Waals surface area contributed by atoms with Crippen LogP contribution >= 0.6 is 0 Å². The van der Waals surface area contributed by atoms with Gasteiger partial charge in [-0.05, 0) is 33.0 Å². The van der Waals surface area contributed by atoms with Gasteiger partial charge in [0.15, 0.2) is 0 Å². The van der Waals surface area contributed by atoms with Crippen LogP contribution < -0.4 is 5.73 Å². The Kier molecular flexibility index (Phi) is 30.8. The van der Waals surface area contributed by atoms with Crippen LogP contribution in [-0.4, -0.2) is 36.4 Å². The van der Waals surface area contributed by atoms with E-state index in [0.29, 0.717) is 6.42 Å². The highest BCUT2D eigenvalue weighted by Gasteiger charge is 1.95. The summed E-state index contributed by atoms with van der Waals surface area (Å²) in [6.07, 6.45) is 19.2. The molecule has 4 heteroatoms. The Morgan fingerprint density at radius 1 is 0.692 bits per heavy atom. The first kappa shape index (κ1) is 30.1. The fourth-order valence-corrected chi connectivity index (χ4v) is 2.86. The Labute approximate surface area is 164 Å². The largest absolute Gasteiger partial charge is 0.412 e. The molecule has 0 aromatic carbocycles. The van der Waals surface area contributed by atoms with Gasteiger partial charge in [-0.1, -0.05) is 97.8 Å². The molecule has 0 aliphatic carbocycles. The number of primary amides is 1. The molecule has 1 amide bonds. The summed E-state index contributed by atoms with van der Waals surface area (Å²) in [7, 11) is 2.14. The Morgan fingerprint density at radius 2 is 1.08 bits per heavy atom. The monoisotopic (exact) mass is 374 g/mol. The maximum Gasteiger partial charge on any atom is 0.217 e. The molecule has 0 aliphatic rings. The molecule has 0 aromatic heterocycles. The number of carbonyl (C=O) groups is 1. The minimum absolute atomic E-state index is 0. The van der Waals surface area contributed by atoms with Crippen LogP contribution in [0.25, 0.3) is 0 Å². The van der Waals surface area contributed by atoms with Gasteiger partial charge in [0.2, 0.25) is 5.91 Å². The quantitative estimate of drug-likeness (QED) is 0.342. The zero-order valence-electron chi connectivity index (χ0n) is 18.5. The number of carbonyl (C=O) groups excluding carboxylic acids is 1. The van der Waals surface area contributed by atoms with Crippen LogP contribution in [0.3, 0.4) is 0 Å². The van der Waals surface area contributed by atoms with Gasteiger partial charge in [0.05, 0.1) is 0 Å². The summed E-state index contributed by atoms with van der Waals surface area (Å²) in [5.41, 5.74) is 5.09. The molecule has 0 heterocycles. The number of amides is 1. The van der Waals surface area contributed by atoms with Crippen molar-refractivity contribution in [2.45, 2.75) is 117 Å². The molecule has 4 nitrogen and oxygen atoms in total. The van der Waals surface area contributed by atoms with E-state index >= 15 is 0 Å². The topological polar surface area (TPSA) is 77.8 Å². The maximum absolute atomic E-state index is 10.5. The summed E-state index contributed by atoms with van der Waals surface area (Å²) < 4.78 is 0. The molecular formula is C22H50N2O2. The molecule has 160 valence electrons. The van der Waals surface area contributed by atoms with Gasteiger partial charge in [-0.25, -0.2) is 0 Å². The zero-order valence-corrected chi connectivity index (χ0v) is 18.5. The molecule has 0 aromatic rings. The second-order valence-corrected chi connectivity index (χ2v) is 7.35. The lowest BCUT2D eigenvalue weighted by Gasteiger charge is -2.10. The lowest BCUT2D eigenvalue weighted by molar-refractivity contribution is -0.118. The van der Waals surface area contributed by atoms with E-state index in [-0.39, 0.29) is 11.4 Å². The Bertz CT molecular complexity index is 261. The van der Waals surface area contributed by atoms with Gasteiger partial charge in [0.25, 0.3) is 0 Å². The molecule has 0 bridgehead atoms. The van der Waals surface area contributed by atoms with Crippen LogP contribution in [0.4, 0.5) is 0 Å². The van der Waals surface area contributed by atoms with Crippen LogP contribution in [0.5, 0.6) is 0 Å². The number of hydrogen-bond donors (Lipinski definition) is 1. The summed E-state index contributed by atoms with van der Waals surface area (Å²) in [6.45, 7) is 9.05. The lowest BCUT2D eigenvalue weighted by Crippen LogP contribution is -2.17. The van der Waals surface area contributed by atoms with Gasteiger partial charge < -0.3 is 16.1 Å². The molecular weight excluding hydrogens is 324 g/mol. The molecule has 0 aliphatic heterocycles. The van der Waals surface area contributed by atoms with Crippen LogP contribution in [0.2, 0.25) is 0 Å². The van der Waals surface area contributed by atoms with Crippen LogP contribution in [0.1, 0.15) is 117 Å². The zero-order chi connectivity index (χ0) is 19.2. The van der Waals surface area contributed by atoms with Crippen molar-refractivity contribution in [1.29, 1.82) is 0 Å². The van der Waals surface area contributed by atoms with Crippen molar-refractivity contribution in [3.63, 3.8) is 0 Å². The highest BCUT2D eigenvalue weighted by atomic mass is 16.1. The molecule has 0 saturated carbocycles. The van der Waals surface area contributed by atoms with E-state index in [0.717, 1.165) is 6.42 Å². The van der Waals surface area contributed by atoms with E-state index in [1.807, 2.05) is 0 Å². The highest BCUT2D eigenvalue weighted by Crippen LogP contribution is 2.12. The van der Waals surface area contributed by atoms with Crippen LogP contribution in [-0.2, 0) is 4.79 Å². The predicted octanol–water partition coefficient (Wildman–Crippen LogP) is 5.48. The second kappa shape index (κ2) is 26.6. The number of hydrogen-bond acceptors (Lipinski definition) is 2. The number of nitrogens with two attached hydrogens (primary N) is 1. The van der Waals surface area contributed by atoms with Crippen molar-refractivity contribution in [2.75, 3.05) is 20.1 Å². The number of nitrogens with zero attached hydrogens (tertiary/aromatic N) is 1. The molecule has 0 radical (unpaired) electrons. The average molecular weight is 375 g/mol. The van der Waals surface area contributed by atoms with Crippen LogP contribution in [0.15, 0.2) is 0 Å². The van der Waals surface area contributed by atoms with Crippen molar-refractivity contribution in [1.82, 2.24) is 4.90 Å². The van der Waals surface area contributed by atoms with Crippen molar-refractivity contribution in [3.05, 3.63) is 0 Å². The van der Waals surface area contributed by atoms with Gasteiger partial charge in [-0.15, -0.1) is 0 Å². The third-order valence-electron chi connectivity index (χ3n) is 4.67. The minimum Gasteiger partial charge on any atom is -0.412 e. The summed E-state index contributed by atoms with van der Waals surface area (Å²) in [4.78, 5) is 12.8.